The van der Waals surface area contributed by atoms with E-state index in [1.54, 1.807) is 60.7 Å². The molecule has 0 atom stereocenters. The topological polar surface area (TPSA) is 104 Å². The highest BCUT2D eigenvalue weighted by Gasteiger charge is 2.28. The molecule has 0 spiro atoms. The summed E-state index contributed by atoms with van der Waals surface area (Å²) in [5.74, 6) is 0.778. The lowest BCUT2D eigenvalue weighted by Crippen LogP contribution is -2.34. The highest BCUT2D eigenvalue weighted by molar-refractivity contribution is 7.90. The molecule has 2 N–H and O–H groups in total. The van der Waals surface area contributed by atoms with Crippen LogP contribution >= 0.6 is 11.6 Å². The highest BCUT2D eigenvalue weighted by atomic mass is 35.5. The molecular weight excluding hydrogens is 424 g/mol. The lowest BCUT2D eigenvalue weighted by Gasteiger charge is -2.21. The number of para-hydroxylation sites is 2. The van der Waals surface area contributed by atoms with Crippen molar-refractivity contribution < 1.29 is 13.2 Å². The van der Waals surface area contributed by atoms with Crippen LogP contribution in [0, 0.1) is 11.3 Å². The molecule has 0 saturated carbocycles. The second-order valence-electron chi connectivity index (χ2n) is 6.36. The van der Waals surface area contributed by atoms with E-state index in [9.17, 15) is 8.42 Å². The fourth-order valence-corrected chi connectivity index (χ4v) is 4.13. The molecule has 7 nitrogen and oxygen atoms in total. The summed E-state index contributed by atoms with van der Waals surface area (Å²) in [7, 11) is -3.92. The van der Waals surface area contributed by atoms with Crippen LogP contribution in [0.25, 0.3) is 0 Å². The molecule has 0 fully saturated rings. The van der Waals surface area contributed by atoms with Gasteiger partial charge in [-0.3, -0.25) is 0 Å². The fourth-order valence-electron chi connectivity index (χ4n) is 2.85. The minimum Gasteiger partial charge on any atom is -0.454 e. The van der Waals surface area contributed by atoms with E-state index >= 15 is 0 Å². The molecular formula is C21H15ClN4O3S. The third-order valence-electron chi connectivity index (χ3n) is 4.32. The van der Waals surface area contributed by atoms with E-state index in [4.69, 9.17) is 21.6 Å². The molecule has 1 aliphatic rings. The summed E-state index contributed by atoms with van der Waals surface area (Å²) in [5.41, 5.74) is 1.68. The van der Waals surface area contributed by atoms with E-state index < -0.39 is 10.0 Å². The number of anilines is 1. The average Bonchev–Trinajstić information content (AvgIpc) is 2.74. The molecule has 1 heterocycles. The van der Waals surface area contributed by atoms with Crippen molar-refractivity contribution in [3.05, 3.63) is 82.9 Å². The van der Waals surface area contributed by atoms with Gasteiger partial charge in [-0.05, 0) is 42.0 Å². The van der Waals surface area contributed by atoms with Gasteiger partial charge in [0.2, 0.25) is 5.96 Å². The monoisotopic (exact) mass is 438 g/mol. The Morgan fingerprint density at radius 1 is 1.03 bits per heavy atom. The number of hydrogen-bond donors (Lipinski definition) is 2. The molecule has 0 amide bonds. The number of ether oxygens (including phenoxy) is 1. The number of rotatable bonds is 4. The molecule has 4 rings (SSSR count). The number of guanidine groups is 1. The second-order valence-corrected chi connectivity index (χ2v) is 8.34. The van der Waals surface area contributed by atoms with Crippen molar-refractivity contribution in [2.24, 2.45) is 4.40 Å². The van der Waals surface area contributed by atoms with Gasteiger partial charge >= 0.3 is 0 Å². The second kappa shape index (κ2) is 8.06. The van der Waals surface area contributed by atoms with Crippen LogP contribution < -0.4 is 15.4 Å². The van der Waals surface area contributed by atoms with Crippen LogP contribution in [-0.4, -0.2) is 14.4 Å². The molecule has 1 aliphatic heterocycles. The lowest BCUT2D eigenvalue weighted by molar-refractivity contribution is 0.483. The van der Waals surface area contributed by atoms with Crippen molar-refractivity contribution in [3.63, 3.8) is 0 Å². The Bertz CT molecular complexity index is 1280. The van der Waals surface area contributed by atoms with Gasteiger partial charge < -0.3 is 15.4 Å². The minimum absolute atomic E-state index is 0.0102. The number of benzene rings is 3. The summed E-state index contributed by atoms with van der Waals surface area (Å²) < 4.78 is 35.0. The maximum Gasteiger partial charge on any atom is 0.287 e. The van der Waals surface area contributed by atoms with Crippen LogP contribution in [-0.2, 0) is 16.6 Å². The molecule has 0 saturated heterocycles. The van der Waals surface area contributed by atoms with E-state index in [1.165, 1.54) is 6.07 Å². The number of nitrogens with one attached hydrogen (secondary N) is 2. The Kier molecular flexibility index (Phi) is 5.31. The maximum absolute atomic E-state index is 12.7. The minimum atomic E-state index is -3.92. The first-order valence-corrected chi connectivity index (χ1v) is 10.7. The van der Waals surface area contributed by atoms with Gasteiger partial charge in [-0.2, -0.15) is 13.7 Å². The van der Waals surface area contributed by atoms with E-state index in [1.807, 2.05) is 0 Å². The first kappa shape index (κ1) is 19.8. The van der Waals surface area contributed by atoms with Gasteiger partial charge in [0.1, 0.15) is 16.3 Å². The Morgan fingerprint density at radius 3 is 2.50 bits per heavy atom. The van der Waals surface area contributed by atoms with Crippen molar-refractivity contribution in [2.45, 2.75) is 11.4 Å². The zero-order chi connectivity index (χ0) is 21.1. The highest BCUT2D eigenvalue weighted by Crippen LogP contribution is 2.39. The number of sulfonamides is 1. The summed E-state index contributed by atoms with van der Waals surface area (Å²) >= 11 is 6.16. The van der Waals surface area contributed by atoms with Gasteiger partial charge in [0.05, 0.1) is 16.7 Å². The van der Waals surface area contributed by atoms with Gasteiger partial charge in [0.25, 0.3) is 10.0 Å². The van der Waals surface area contributed by atoms with Crippen LogP contribution in [0.1, 0.15) is 11.1 Å². The molecule has 3 aromatic carbocycles. The van der Waals surface area contributed by atoms with Crippen molar-refractivity contribution in [1.29, 1.82) is 5.26 Å². The van der Waals surface area contributed by atoms with Crippen LogP contribution in [0.4, 0.5) is 5.69 Å². The largest absolute Gasteiger partial charge is 0.454 e. The van der Waals surface area contributed by atoms with Crippen molar-refractivity contribution in [1.82, 2.24) is 5.32 Å². The number of fused-ring (bicyclic) bond motifs is 1. The average molecular weight is 439 g/mol. The van der Waals surface area contributed by atoms with Gasteiger partial charge in [-0.15, -0.1) is 4.40 Å². The van der Waals surface area contributed by atoms with E-state index in [-0.39, 0.29) is 16.5 Å². The van der Waals surface area contributed by atoms with Crippen LogP contribution in [0.15, 0.2) is 76.0 Å². The fraction of sp³-hybridized carbons (Fsp3) is 0.0476. The SMILES string of the molecule is N#Cc1ccc(CNC2=NS(=O)(=O)c3cccc(Oc4ccccc4Cl)c3N2)cc1. The number of hydrogen-bond acceptors (Lipinski definition) is 6. The smallest absolute Gasteiger partial charge is 0.287 e. The van der Waals surface area contributed by atoms with Crippen LogP contribution in [0.3, 0.4) is 0 Å². The van der Waals surface area contributed by atoms with E-state index in [2.05, 4.69) is 21.1 Å². The van der Waals surface area contributed by atoms with Gasteiger partial charge in [0.15, 0.2) is 5.75 Å². The Hall–Kier alpha value is -3.54. The van der Waals surface area contributed by atoms with E-state index in [0.29, 0.717) is 28.6 Å². The third-order valence-corrected chi connectivity index (χ3v) is 5.95. The zero-order valence-corrected chi connectivity index (χ0v) is 17.0. The van der Waals surface area contributed by atoms with Crippen LogP contribution in [0.2, 0.25) is 5.02 Å². The van der Waals surface area contributed by atoms with Gasteiger partial charge in [0, 0.05) is 6.54 Å². The molecule has 0 radical (unpaired) electrons. The Morgan fingerprint density at radius 2 is 1.77 bits per heavy atom. The summed E-state index contributed by atoms with van der Waals surface area (Å²) in [6.07, 6.45) is 0. The van der Waals surface area contributed by atoms with Crippen LogP contribution in [0.5, 0.6) is 11.5 Å². The van der Waals surface area contributed by atoms with Crippen molar-refractivity contribution >= 4 is 33.3 Å². The first-order chi connectivity index (χ1) is 14.5. The normalized spacial score (nSPS) is 13.9. The number of halogens is 1. The maximum atomic E-state index is 12.7. The molecule has 0 aliphatic carbocycles. The Balaban J connectivity index is 1.60. The standard InChI is InChI=1S/C21H15ClN4O3S/c22-16-4-1-2-5-17(16)29-18-6-3-7-19-20(18)25-21(26-30(19,27)28)24-13-15-10-8-14(12-23)9-11-15/h1-11H,13H2,(H2,24,25,26). The summed E-state index contributed by atoms with van der Waals surface area (Å²) in [5, 5.41) is 15.2. The Labute approximate surface area is 178 Å². The number of nitrogens with zero attached hydrogens (tertiary/aromatic N) is 2. The van der Waals surface area contributed by atoms with Gasteiger partial charge in [-0.1, -0.05) is 41.9 Å². The molecule has 0 bridgehead atoms. The molecule has 3 aromatic rings. The predicted molar refractivity (Wildman–Crippen MR) is 114 cm³/mol. The molecule has 150 valence electrons. The van der Waals surface area contributed by atoms with Crippen molar-refractivity contribution in [3.8, 4) is 17.6 Å². The lowest BCUT2D eigenvalue weighted by atomic mass is 10.1. The quantitative estimate of drug-likeness (QED) is 0.630. The molecule has 0 aromatic heterocycles. The molecule has 9 heteroatoms. The van der Waals surface area contributed by atoms with Gasteiger partial charge in [-0.25, -0.2) is 0 Å². The molecule has 0 unspecified atom stereocenters. The van der Waals surface area contributed by atoms with E-state index in [0.717, 1.165) is 5.56 Å². The number of nitriles is 1. The first-order valence-electron chi connectivity index (χ1n) is 8.86. The summed E-state index contributed by atoms with van der Waals surface area (Å²) in [6, 6.07) is 20.6. The summed E-state index contributed by atoms with van der Waals surface area (Å²) in [6.45, 7) is 0.315. The zero-order valence-electron chi connectivity index (χ0n) is 15.5. The summed E-state index contributed by atoms with van der Waals surface area (Å²) in [4.78, 5) is 0.0102. The third kappa shape index (κ3) is 4.08. The predicted octanol–water partition coefficient (Wildman–Crippen LogP) is 4.26. The van der Waals surface area contributed by atoms with Crippen molar-refractivity contribution in [2.75, 3.05) is 5.32 Å². The molecule has 30 heavy (non-hydrogen) atoms.